The zero-order valence-corrected chi connectivity index (χ0v) is 13.3. The first-order valence-corrected chi connectivity index (χ1v) is 7.76. The van der Waals surface area contributed by atoms with E-state index in [1.807, 2.05) is 31.2 Å². The number of halogens is 1. The Bertz CT molecular complexity index is 722. The highest BCUT2D eigenvalue weighted by atomic mass is 35.5. The van der Waals surface area contributed by atoms with Gasteiger partial charge in [0.1, 0.15) is 0 Å². The summed E-state index contributed by atoms with van der Waals surface area (Å²) in [6.45, 7) is 1.97. The molecular weight excluding hydrogens is 324 g/mol. The standard InChI is InChI=1S/C15H13ClN2O3S/c1-10-4-2-3-5-14(10)22-9-15(19)17-13-8-11(18(20)21)6-7-12(13)16/h2-8H,9H2,1H3,(H,17,19). The minimum atomic E-state index is -0.534. The predicted molar refractivity (Wildman–Crippen MR) is 88.6 cm³/mol. The van der Waals surface area contributed by atoms with Gasteiger partial charge in [0.25, 0.3) is 5.69 Å². The average molecular weight is 337 g/mol. The van der Waals surface area contributed by atoms with Crippen molar-refractivity contribution in [3.05, 3.63) is 63.2 Å². The zero-order chi connectivity index (χ0) is 16.1. The minimum absolute atomic E-state index is 0.119. The van der Waals surface area contributed by atoms with Gasteiger partial charge in [0.2, 0.25) is 5.91 Å². The fraction of sp³-hybridized carbons (Fsp3) is 0.133. The van der Waals surface area contributed by atoms with Crippen LogP contribution >= 0.6 is 23.4 Å². The lowest BCUT2D eigenvalue weighted by Crippen LogP contribution is -2.14. The number of amides is 1. The van der Waals surface area contributed by atoms with Gasteiger partial charge in [0.05, 0.1) is 21.4 Å². The van der Waals surface area contributed by atoms with Crippen LogP contribution < -0.4 is 5.32 Å². The molecule has 1 N–H and O–H groups in total. The molecule has 0 unspecified atom stereocenters. The summed E-state index contributed by atoms with van der Waals surface area (Å²) in [7, 11) is 0. The van der Waals surface area contributed by atoms with Crippen LogP contribution in [0.5, 0.6) is 0 Å². The third-order valence-electron chi connectivity index (χ3n) is 2.89. The van der Waals surface area contributed by atoms with Gasteiger partial charge in [-0.3, -0.25) is 14.9 Å². The van der Waals surface area contributed by atoms with Crippen molar-refractivity contribution in [3.63, 3.8) is 0 Å². The van der Waals surface area contributed by atoms with Crippen molar-refractivity contribution in [2.45, 2.75) is 11.8 Å². The molecule has 114 valence electrons. The molecule has 2 aromatic rings. The number of carbonyl (C=O) groups is 1. The summed E-state index contributed by atoms with van der Waals surface area (Å²) in [6, 6.07) is 11.7. The number of nitrogens with one attached hydrogen (secondary N) is 1. The molecule has 1 amide bonds. The van der Waals surface area contributed by atoms with Crippen LogP contribution in [-0.2, 0) is 4.79 Å². The van der Waals surface area contributed by atoms with Crippen molar-refractivity contribution < 1.29 is 9.72 Å². The molecule has 0 saturated carbocycles. The highest BCUT2D eigenvalue weighted by molar-refractivity contribution is 8.00. The number of non-ortho nitro benzene ring substituents is 1. The average Bonchev–Trinajstić information content (AvgIpc) is 2.48. The van der Waals surface area contributed by atoms with Gasteiger partial charge in [0.15, 0.2) is 0 Å². The molecule has 0 heterocycles. The molecule has 0 spiro atoms. The summed E-state index contributed by atoms with van der Waals surface area (Å²) in [5.41, 5.74) is 1.21. The lowest BCUT2D eigenvalue weighted by atomic mass is 10.2. The van der Waals surface area contributed by atoms with Crippen LogP contribution in [0.1, 0.15) is 5.56 Å². The number of carbonyl (C=O) groups excluding carboxylic acids is 1. The first-order chi connectivity index (χ1) is 10.5. The van der Waals surface area contributed by atoms with Crippen LogP contribution in [0.2, 0.25) is 5.02 Å². The first kappa shape index (κ1) is 16.3. The molecule has 0 aliphatic heterocycles. The largest absolute Gasteiger partial charge is 0.324 e. The van der Waals surface area contributed by atoms with Crippen LogP contribution in [0.15, 0.2) is 47.4 Å². The van der Waals surface area contributed by atoms with Crippen LogP contribution in [-0.4, -0.2) is 16.6 Å². The number of nitrogens with zero attached hydrogens (tertiary/aromatic N) is 1. The number of anilines is 1. The second kappa shape index (κ2) is 7.29. The summed E-state index contributed by atoms with van der Waals surface area (Å²) in [4.78, 5) is 23.2. The second-order valence-electron chi connectivity index (χ2n) is 4.52. The zero-order valence-electron chi connectivity index (χ0n) is 11.7. The molecular formula is C15H13ClN2O3S. The Morgan fingerprint density at radius 2 is 2.05 bits per heavy atom. The molecule has 0 aliphatic carbocycles. The number of hydrogen-bond donors (Lipinski definition) is 1. The van der Waals surface area contributed by atoms with E-state index in [1.165, 1.54) is 30.0 Å². The summed E-state index contributed by atoms with van der Waals surface area (Å²) >= 11 is 7.35. The molecule has 2 rings (SSSR count). The molecule has 2 aromatic carbocycles. The molecule has 5 nitrogen and oxygen atoms in total. The highest BCUT2D eigenvalue weighted by Gasteiger charge is 2.12. The van der Waals surface area contributed by atoms with E-state index in [2.05, 4.69) is 5.32 Å². The Morgan fingerprint density at radius 3 is 2.73 bits per heavy atom. The quantitative estimate of drug-likeness (QED) is 0.502. The van der Waals surface area contributed by atoms with Crippen molar-refractivity contribution in [1.82, 2.24) is 0 Å². The Hall–Kier alpha value is -2.05. The van der Waals surface area contributed by atoms with Gasteiger partial charge in [-0.2, -0.15) is 0 Å². The van der Waals surface area contributed by atoms with Crippen LogP contribution in [0.25, 0.3) is 0 Å². The van der Waals surface area contributed by atoms with Gasteiger partial charge < -0.3 is 5.32 Å². The molecule has 0 radical (unpaired) electrons. The number of benzene rings is 2. The van der Waals surface area contributed by atoms with Gasteiger partial charge in [-0.05, 0) is 24.6 Å². The Labute approximate surface area is 136 Å². The van der Waals surface area contributed by atoms with Gasteiger partial charge >= 0.3 is 0 Å². The Kier molecular flexibility index (Phi) is 5.41. The maximum atomic E-state index is 12.0. The van der Waals surface area contributed by atoms with Gasteiger partial charge in [-0.1, -0.05) is 29.8 Å². The molecule has 0 fully saturated rings. The van der Waals surface area contributed by atoms with Crippen molar-refractivity contribution in [2.75, 3.05) is 11.1 Å². The van der Waals surface area contributed by atoms with Crippen molar-refractivity contribution in [2.24, 2.45) is 0 Å². The van der Waals surface area contributed by atoms with E-state index < -0.39 is 4.92 Å². The summed E-state index contributed by atoms with van der Waals surface area (Å²) in [6.07, 6.45) is 0. The number of nitro benzene ring substituents is 1. The molecule has 0 saturated heterocycles. The monoisotopic (exact) mass is 336 g/mol. The molecule has 7 heteroatoms. The van der Waals surface area contributed by atoms with Crippen LogP contribution in [0.3, 0.4) is 0 Å². The number of thioether (sulfide) groups is 1. The van der Waals surface area contributed by atoms with Gasteiger partial charge in [0, 0.05) is 17.0 Å². The molecule has 0 aliphatic rings. The van der Waals surface area contributed by atoms with Gasteiger partial charge in [-0.15, -0.1) is 11.8 Å². The maximum absolute atomic E-state index is 12.0. The lowest BCUT2D eigenvalue weighted by molar-refractivity contribution is -0.384. The van der Waals surface area contributed by atoms with Crippen molar-refractivity contribution in [1.29, 1.82) is 0 Å². The predicted octanol–water partition coefficient (Wildman–Crippen LogP) is 4.29. The fourth-order valence-electron chi connectivity index (χ4n) is 1.77. The van der Waals surface area contributed by atoms with Crippen LogP contribution in [0, 0.1) is 17.0 Å². The first-order valence-electron chi connectivity index (χ1n) is 6.39. The SMILES string of the molecule is Cc1ccccc1SCC(=O)Nc1cc([N+](=O)[O-])ccc1Cl. The van der Waals surface area contributed by atoms with E-state index in [4.69, 9.17) is 11.6 Å². The molecule has 22 heavy (non-hydrogen) atoms. The summed E-state index contributed by atoms with van der Waals surface area (Å²) in [5.74, 6) is -0.0696. The molecule has 0 aromatic heterocycles. The van der Waals surface area contributed by atoms with E-state index >= 15 is 0 Å². The topological polar surface area (TPSA) is 72.2 Å². The fourth-order valence-corrected chi connectivity index (χ4v) is 2.76. The minimum Gasteiger partial charge on any atom is -0.324 e. The van der Waals surface area contributed by atoms with E-state index in [1.54, 1.807) is 0 Å². The molecule has 0 atom stereocenters. The van der Waals surface area contributed by atoms with Crippen molar-refractivity contribution >= 4 is 40.6 Å². The summed E-state index contributed by atoms with van der Waals surface area (Å²) in [5, 5.41) is 13.6. The Morgan fingerprint density at radius 1 is 1.32 bits per heavy atom. The number of nitro groups is 1. The smallest absolute Gasteiger partial charge is 0.271 e. The van der Waals surface area contributed by atoms with E-state index in [9.17, 15) is 14.9 Å². The molecule has 0 bridgehead atoms. The van der Waals surface area contributed by atoms with E-state index in [0.717, 1.165) is 10.5 Å². The third-order valence-corrected chi connectivity index (χ3v) is 4.39. The maximum Gasteiger partial charge on any atom is 0.271 e. The number of hydrogen-bond acceptors (Lipinski definition) is 4. The number of aryl methyl sites for hydroxylation is 1. The lowest BCUT2D eigenvalue weighted by Gasteiger charge is -2.08. The normalized spacial score (nSPS) is 10.3. The van der Waals surface area contributed by atoms with E-state index in [0.29, 0.717) is 0 Å². The third kappa shape index (κ3) is 4.22. The Balaban J connectivity index is 2.02. The van der Waals surface area contributed by atoms with Crippen LogP contribution in [0.4, 0.5) is 11.4 Å². The van der Waals surface area contributed by atoms with Gasteiger partial charge in [-0.25, -0.2) is 0 Å². The van der Waals surface area contributed by atoms with E-state index in [-0.39, 0.29) is 28.1 Å². The second-order valence-corrected chi connectivity index (χ2v) is 5.95. The highest BCUT2D eigenvalue weighted by Crippen LogP contribution is 2.27. The summed E-state index contributed by atoms with van der Waals surface area (Å²) < 4.78 is 0. The number of rotatable bonds is 5. The van der Waals surface area contributed by atoms with Crippen molar-refractivity contribution in [3.8, 4) is 0 Å².